The number of hydrogen-bond acceptors (Lipinski definition) is 1. The lowest BCUT2D eigenvalue weighted by atomic mass is 9.37. The molecule has 0 bridgehead atoms. The Labute approximate surface area is 174 Å². The van der Waals surface area contributed by atoms with E-state index in [0.717, 1.165) is 36.0 Å². The predicted molar refractivity (Wildman–Crippen MR) is 118 cm³/mol. The average Bonchev–Trinajstić information content (AvgIpc) is 2.88. The van der Waals surface area contributed by atoms with Crippen molar-refractivity contribution in [3.05, 3.63) is 0 Å². The van der Waals surface area contributed by atoms with Gasteiger partial charge in [0.05, 0.1) is 0 Å². The van der Waals surface area contributed by atoms with Crippen LogP contribution in [0.25, 0.3) is 0 Å². The highest BCUT2D eigenvalue weighted by molar-refractivity contribution is 5.75. The zero-order chi connectivity index (χ0) is 20.5. The Kier molecular flexibility index (Phi) is 5.11. The van der Waals surface area contributed by atoms with Gasteiger partial charge in [0.15, 0.2) is 0 Å². The van der Waals surface area contributed by atoms with Crippen molar-refractivity contribution in [1.29, 1.82) is 0 Å². The average molecular weight is 387 g/mol. The first-order valence-corrected chi connectivity index (χ1v) is 12.5. The summed E-state index contributed by atoms with van der Waals surface area (Å²) in [5, 5.41) is 0. The molecule has 0 radical (unpaired) electrons. The maximum absolute atomic E-state index is 12.2. The van der Waals surface area contributed by atoms with E-state index in [0.29, 0.717) is 33.9 Å². The Morgan fingerprint density at radius 1 is 0.964 bits per heavy atom. The number of rotatable bonds is 3. The van der Waals surface area contributed by atoms with Gasteiger partial charge in [-0.05, 0) is 103 Å². The van der Waals surface area contributed by atoms with Crippen LogP contribution < -0.4 is 0 Å². The first kappa shape index (κ1) is 20.9. The van der Waals surface area contributed by atoms with E-state index in [4.69, 9.17) is 0 Å². The molecule has 4 saturated carbocycles. The van der Waals surface area contributed by atoms with E-state index in [1.807, 2.05) is 6.92 Å². The molecule has 28 heavy (non-hydrogen) atoms. The molecule has 4 fully saturated rings. The van der Waals surface area contributed by atoms with Crippen molar-refractivity contribution < 1.29 is 4.79 Å². The van der Waals surface area contributed by atoms with Gasteiger partial charge in [0, 0.05) is 6.42 Å². The van der Waals surface area contributed by atoms with Crippen LogP contribution in [0.15, 0.2) is 0 Å². The van der Waals surface area contributed by atoms with Crippen LogP contribution in [0, 0.1) is 57.7 Å². The van der Waals surface area contributed by atoms with Crippen LogP contribution in [0.1, 0.15) is 106 Å². The molecule has 0 N–H and O–H groups in total. The number of fused-ring (bicyclic) bond motifs is 5. The molecule has 0 spiro atoms. The van der Waals surface area contributed by atoms with E-state index in [2.05, 4.69) is 41.5 Å². The number of carbonyl (C=O) groups excluding carboxylic acids is 1. The normalized spacial score (nSPS) is 53.4. The van der Waals surface area contributed by atoms with Crippen LogP contribution in [-0.4, -0.2) is 5.78 Å². The second-order valence-electron chi connectivity index (χ2n) is 12.8. The van der Waals surface area contributed by atoms with Gasteiger partial charge in [0.2, 0.25) is 0 Å². The standard InChI is InChI=1S/C27H46O/c1-17(2)21-16-27(7)23(20(21)15-19(4)28)10-11-24-25(5)13-8-9-18(3)22(25)12-14-26(24,27)6/h17-18,20-24H,8-16H2,1-7H3/t18-,20?,21?,22?,23?,24?,25?,26+,27?/m1/s1. The summed E-state index contributed by atoms with van der Waals surface area (Å²) in [4.78, 5) is 12.2. The first-order chi connectivity index (χ1) is 13.0. The molecule has 0 heterocycles. The minimum atomic E-state index is 0.420. The fraction of sp³-hybridized carbons (Fsp3) is 0.963. The Balaban J connectivity index is 1.72. The van der Waals surface area contributed by atoms with Crippen LogP contribution in [0.2, 0.25) is 0 Å². The van der Waals surface area contributed by atoms with Gasteiger partial charge >= 0.3 is 0 Å². The van der Waals surface area contributed by atoms with Crippen molar-refractivity contribution in [3.8, 4) is 0 Å². The van der Waals surface area contributed by atoms with Gasteiger partial charge in [0.25, 0.3) is 0 Å². The Bertz CT molecular complexity index is 622. The smallest absolute Gasteiger partial charge is 0.130 e. The molecule has 1 heteroatoms. The van der Waals surface area contributed by atoms with E-state index in [-0.39, 0.29) is 0 Å². The summed E-state index contributed by atoms with van der Waals surface area (Å²) in [6.07, 6.45) is 12.3. The van der Waals surface area contributed by atoms with Gasteiger partial charge in [-0.25, -0.2) is 0 Å². The third kappa shape index (κ3) is 2.73. The lowest BCUT2D eigenvalue weighted by Crippen LogP contribution is -2.60. The Morgan fingerprint density at radius 2 is 1.68 bits per heavy atom. The molecular formula is C27H46O. The van der Waals surface area contributed by atoms with Gasteiger partial charge in [0.1, 0.15) is 5.78 Å². The third-order valence-corrected chi connectivity index (χ3v) is 11.4. The largest absolute Gasteiger partial charge is 0.300 e. The highest BCUT2D eigenvalue weighted by atomic mass is 16.1. The minimum Gasteiger partial charge on any atom is -0.300 e. The molecule has 1 nitrogen and oxygen atoms in total. The fourth-order valence-electron chi connectivity index (χ4n) is 10.0. The van der Waals surface area contributed by atoms with E-state index in [9.17, 15) is 4.79 Å². The SMILES string of the molecule is CC(=O)CC1C(C(C)C)CC2(C)C1CCC1C3(C)CCC[C@@H](C)C3CC[C@@]12C. The number of hydrogen-bond donors (Lipinski definition) is 0. The summed E-state index contributed by atoms with van der Waals surface area (Å²) in [6.45, 7) is 17.3. The minimum absolute atomic E-state index is 0.420. The van der Waals surface area contributed by atoms with E-state index >= 15 is 0 Å². The quantitative estimate of drug-likeness (QED) is 0.490. The van der Waals surface area contributed by atoms with Crippen molar-refractivity contribution in [2.75, 3.05) is 0 Å². The van der Waals surface area contributed by atoms with E-state index < -0.39 is 0 Å². The molecule has 4 aliphatic rings. The Morgan fingerprint density at radius 3 is 2.32 bits per heavy atom. The van der Waals surface area contributed by atoms with Crippen molar-refractivity contribution >= 4 is 5.78 Å². The van der Waals surface area contributed by atoms with Crippen molar-refractivity contribution in [3.63, 3.8) is 0 Å². The maximum Gasteiger partial charge on any atom is 0.130 e. The summed E-state index contributed by atoms with van der Waals surface area (Å²) in [5.74, 6) is 6.04. The monoisotopic (exact) mass is 386 g/mol. The first-order valence-electron chi connectivity index (χ1n) is 12.5. The molecule has 0 aromatic carbocycles. The van der Waals surface area contributed by atoms with Gasteiger partial charge in [-0.3, -0.25) is 0 Å². The zero-order valence-corrected chi connectivity index (χ0v) is 19.8. The predicted octanol–water partition coefficient (Wildman–Crippen LogP) is 7.53. The van der Waals surface area contributed by atoms with Crippen LogP contribution >= 0.6 is 0 Å². The van der Waals surface area contributed by atoms with Crippen LogP contribution in [-0.2, 0) is 4.79 Å². The second kappa shape index (κ2) is 6.84. The topological polar surface area (TPSA) is 17.1 Å². The molecule has 0 amide bonds. The summed E-state index contributed by atoms with van der Waals surface area (Å²) in [5.41, 5.74) is 1.46. The maximum atomic E-state index is 12.2. The van der Waals surface area contributed by atoms with Crippen LogP contribution in [0.5, 0.6) is 0 Å². The number of ketones is 1. The second-order valence-corrected chi connectivity index (χ2v) is 12.8. The summed E-state index contributed by atoms with van der Waals surface area (Å²) >= 11 is 0. The van der Waals surface area contributed by atoms with Crippen molar-refractivity contribution in [2.24, 2.45) is 57.7 Å². The molecule has 0 saturated heterocycles. The number of Topliss-reactive ketones (excluding diaryl/α,β-unsaturated/α-hetero) is 1. The van der Waals surface area contributed by atoms with Crippen LogP contribution in [0.4, 0.5) is 0 Å². The van der Waals surface area contributed by atoms with E-state index in [1.54, 1.807) is 0 Å². The Hall–Kier alpha value is -0.330. The summed E-state index contributed by atoms with van der Waals surface area (Å²) in [6, 6.07) is 0. The van der Waals surface area contributed by atoms with Crippen molar-refractivity contribution in [1.82, 2.24) is 0 Å². The molecule has 160 valence electrons. The van der Waals surface area contributed by atoms with Gasteiger partial charge in [-0.1, -0.05) is 54.4 Å². The van der Waals surface area contributed by atoms with Crippen LogP contribution in [0.3, 0.4) is 0 Å². The summed E-state index contributed by atoms with van der Waals surface area (Å²) in [7, 11) is 0. The number of carbonyl (C=O) groups is 1. The van der Waals surface area contributed by atoms with Gasteiger partial charge in [-0.2, -0.15) is 0 Å². The van der Waals surface area contributed by atoms with Crippen molar-refractivity contribution in [2.45, 2.75) is 106 Å². The fourth-order valence-corrected chi connectivity index (χ4v) is 10.0. The molecule has 0 aromatic heterocycles. The van der Waals surface area contributed by atoms with Gasteiger partial charge < -0.3 is 4.79 Å². The summed E-state index contributed by atoms with van der Waals surface area (Å²) < 4.78 is 0. The molecule has 4 aliphatic carbocycles. The zero-order valence-electron chi connectivity index (χ0n) is 19.8. The highest BCUT2D eigenvalue weighted by Gasteiger charge is 2.68. The highest BCUT2D eigenvalue weighted by Crippen LogP contribution is 2.75. The van der Waals surface area contributed by atoms with Gasteiger partial charge in [-0.15, -0.1) is 0 Å². The molecule has 0 aliphatic heterocycles. The molecule has 0 aromatic rings. The third-order valence-electron chi connectivity index (χ3n) is 11.4. The molecule has 7 unspecified atom stereocenters. The molecular weight excluding hydrogens is 340 g/mol. The molecule has 4 rings (SSSR count). The lowest BCUT2D eigenvalue weighted by molar-refractivity contribution is -0.189. The molecule has 9 atom stereocenters. The van der Waals surface area contributed by atoms with E-state index in [1.165, 1.54) is 51.4 Å². The lowest BCUT2D eigenvalue weighted by Gasteiger charge is -2.68.